The lowest BCUT2D eigenvalue weighted by atomic mass is 9.78. The lowest BCUT2D eigenvalue weighted by Gasteiger charge is -2.36. The highest BCUT2D eigenvalue weighted by Gasteiger charge is 2.41. The van der Waals surface area contributed by atoms with E-state index in [4.69, 9.17) is 0 Å². The lowest BCUT2D eigenvalue weighted by molar-refractivity contribution is -0.142. The molecule has 6 heteroatoms. The summed E-state index contributed by atoms with van der Waals surface area (Å²) in [5.41, 5.74) is 0.0454. The zero-order chi connectivity index (χ0) is 21.8. The van der Waals surface area contributed by atoms with Crippen molar-refractivity contribution < 1.29 is 18.4 Å². The summed E-state index contributed by atoms with van der Waals surface area (Å²) in [5.74, 6) is -1.47. The second kappa shape index (κ2) is 9.16. The molecule has 4 nitrogen and oxygen atoms in total. The summed E-state index contributed by atoms with van der Waals surface area (Å²) in [7, 11) is 0. The fourth-order valence-corrected chi connectivity index (χ4v) is 5.13. The number of carbonyl (C=O) groups excluding carboxylic acids is 2. The molecule has 4 rings (SSSR count). The van der Waals surface area contributed by atoms with E-state index in [9.17, 15) is 18.4 Å². The van der Waals surface area contributed by atoms with Gasteiger partial charge < -0.3 is 10.2 Å². The average Bonchev–Trinajstić information content (AvgIpc) is 3.24. The smallest absolute Gasteiger partial charge is 0.247 e. The van der Waals surface area contributed by atoms with E-state index >= 15 is 0 Å². The van der Waals surface area contributed by atoms with Crippen molar-refractivity contribution in [3.05, 3.63) is 71.3 Å². The number of amides is 2. The van der Waals surface area contributed by atoms with Crippen LogP contribution in [0.25, 0.3) is 0 Å². The molecular weight excluding hydrogens is 398 g/mol. The zero-order valence-corrected chi connectivity index (χ0v) is 17.6. The van der Waals surface area contributed by atoms with Gasteiger partial charge in [0, 0.05) is 30.5 Å². The highest BCUT2D eigenvalue weighted by Crippen LogP contribution is 2.43. The van der Waals surface area contributed by atoms with Gasteiger partial charge in [0.15, 0.2) is 0 Å². The van der Waals surface area contributed by atoms with Crippen molar-refractivity contribution in [1.29, 1.82) is 0 Å². The van der Waals surface area contributed by atoms with Crippen molar-refractivity contribution in [3.8, 4) is 0 Å². The van der Waals surface area contributed by atoms with Gasteiger partial charge in [0.1, 0.15) is 17.7 Å². The van der Waals surface area contributed by atoms with Crippen LogP contribution in [-0.2, 0) is 15.0 Å². The third kappa shape index (κ3) is 4.34. The van der Waals surface area contributed by atoms with Crippen molar-refractivity contribution in [3.63, 3.8) is 0 Å². The molecule has 31 heavy (non-hydrogen) atoms. The first-order chi connectivity index (χ1) is 15.0. The van der Waals surface area contributed by atoms with Gasteiger partial charge in [-0.3, -0.25) is 9.59 Å². The first kappa shape index (κ1) is 21.5. The number of piperidine rings is 1. The number of rotatable bonds is 6. The van der Waals surface area contributed by atoms with Gasteiger partial charge in [-0.2, -0.15) is 0 Å². The van der Waals surface area contributed by atoms with E-state index in [1.54, 1.807) is 4.90 Å². The molecule has 1 heterocycles. The van der Waals surface area contributed by atoms with Crippen molar-refractivity contribution in [1.82, 2.24) is 10.2 Å². The van der Waals surface area contributed by atoms with E-state index in [-0.39, 0.29) is 23.9 Å². The van der Waals surface area contributed by atoms with Gasteiger partial charge >= 0.3 is 0 Å². The number of carbonyl (C=O) groups is 2. The monoisotopic (exact) mass is 426 g/mol. The van der Waals surface area contributed by atoms with Crippen LogP contribution >= 0.6 is 0 Å². The standard InChI is InChI=1S/C25H28F2N2O2/c26-19-11-8-12-20(27)22(19)25(14-5-6-15-25)17-28-24(31)23(18-9-2-1-3-10-18)29-16-7-4-13-21(29)30/h1-3,8-12,23H,4-7,13-17H2,(H,28,31). The van der Waals surface area contributed by atoms with Crippen LogP contribution in [0.4, 0.5) is 8.78 Å². The minimum Gasteiger partial charge on any atom is -0.353 e. The fraction of sp³-hybridized carbons (Fsp3) is 0.440. The van der Waals surface area contributed by atoms with E-state index in [1.165, 1.54) is 18.2 Å². The molecule has 0 aromatic heterocycles. The van der Waals surface area contributed by atoms with Gasteiger partial charge in [-0.05, 0) is 43.4 Å². The third-order valence-electron chi connectivity index (χ3n) is 6.69. The van der Waals surface area contributed by atoms with Gasteiger partial charge in [0.2, 0.25) is 11.8 Å². The average molecular weight is 427 g/mol. The molecule has 1 aliphatic carbocycles. The Labute approximate surface area is 181 Å². The first-order valence-corrected chi connectivity index (χ1v) is 11.1. The Kier molecular flexibility index (Phi) is 6.35. The molecule has 2 aromatic rings. The highest BCUT2D eigenvalue weighted by molar-refractivity contribution is 5.89. The summed E-state index contributed by atoms with van der Waals surface area (Å²) >= 11 is 0. The summed E-state index contributed by atoms with van der Waals surface area (Å²) < 4.78 is 29.3. The van der Waals surface area contributed by atoms with E-state index in [1.807, 2.05) is 30.3 Å². The Hall–Kier alpha value is -2.76. The summed E-state index contributed by atoms with van der Waals surface area (Å²) in [6.45, 7) is 0.675. The predicted molar refractivity (Wildman–Crippen MR) is 114 cm³/mol. The number of halogens is 2. The molecule has 1 N–H and O–H groups in total. The largest absolute Gasteiger partial charge is 0.353 e. The number of hydrogen-bond acceptors (Lipinski definition) is 2. The van der Waals surface area contributed by atoms with Gasteiger partial charge in [0.25, 0.3) is 0 Å². The molecule has 1 unspecified atom stereocenters. The quantitative estimate of drug-likeness (QED) is 0.731. The summed E-state index contributed by atoms with van der Waals surface area (Å²) in [6.07, 6.45) is 5.06. The van der Waals surface area contributed by atoms with Crippen LogP contribution in [0.5, 0.6) is 0 Å². The van der Waals surface area contributed by atoms with Crippen molar-refractivity contribution in [2.24, 2.45) is 0 Å². The van der Waals surface area contributed by atoms with E-state index < -0.39 is 23.1 Å². The fourth-order valence-electron chi connectivity index (χ4n) is 5.13. The summed E-state index contributed by atoms with van der Waals surface area (Å²) in [5, 5.41) is 2.97. The molecule has 0 bridgehead atoms. The Balaban J connectivity index is 1.60. The topological polar surface area (TPSA) is 49.4 Å². The zero-order valence-electron chi connectivity index (χ0n) is 17.6. The molecule has 0 spiro atoms. The molecule has 2 aromatic carbocycles. The van der Waals surface area contributed by atoms with Crippen LogP contribution in [0, 0.1) is 11.6 Å². The van der Waals surface area contributed by atoms with Crippen molar-refractivity contribution in [2.75, 3.05) is 13.1 Å². The number of nitrogens with zero attached hydrogens (tertiary/aromatic N) is 1. The second-order valence-corrected chi connectivity index (χ2v) is 8.66. The van der Waals surface area contributed by atoms with Gasteiger partial charge in [0.05, 0.1) is 0 Å². The van der Waals surface area contributed by atoms with Crippen LogP contribution in [0.3, 0.4) is 0 Å². The van der Waals surface area contributed by atoms with Crippen molar-refractivity contribution >= 4 is 11.8 Å². The molecule has 2 amide bonds. The molecule has 1 aliphatic heterocycles. The van der Waals surface area contributed by atoms with E-state index in [0.717, 1.165) is 31.2 Å². The Morgan fingerprint density at radius 2 is 1.65 bits per heavy atom. The molecule has 2 aliphatic rings. The normalized spacial score (nSPS) is 19.3. The minimum atomic E-state index is -0.766. The van der Waals surface area contributed by atoms with Crippen molar-refractivity contribution in [2.45, 2.75) is 56.4 Å². The number of likely N-dealkylation sites (tertiary alicyclic amines) is 1. The molecular formula is C25H28F2N2O2. The van der Waals surface area contributed by atoms with Crippen LogP contribution < -0.4 is 5.32 Å². The van der Waals surface area contributed by atoms with Crippen LogP contribution in [0.15, 0.2) is 48.5 Å². The summed E-state index contributed by atoms with van der Waals surface area (Å²) in [6, 6.07) is 12.4. The van der Waals surface area contributed by atoms with Gasteiger partial charge in [-0.1, -0.05) is 49.2 Å². The maximum Gasteiger partial charge on any atom is 0.247 e. The van der Waals surface area contributed by atoms with Crippen LogP contribution in [-0.4, -0.2) is 29.8 Å². The Bertz CT molecular complexity index is 922. The minimum absolute atomic E-state index is 0.0361. The van der Waals surface area contributed by atoms with Gasteiger partial charge in [-0.15, -0.1) is 0 Å². The molecule has 0 radical (unpaired) electrons. The molecule has 164 valence electrons. The van der Waals surface area contributed by atoms with Gasteiger partial charge in [-0.25, -0.2) is 8.78 Å². The van der Waals surface area contributed by atoms with Crippen LogP contribution in [0.2, 0.25) is 0 Å². The first-order valence-electron chi connectivity index (χ1n) is 11.1. The number of hydrogen-bond donors (Lipinski definition) is 1. The third-order valence-corrected chi connectivity index (χ3v) is 6.69. The Morgan fingerprint density at radius 1 is 0.968 bits per heavy atom. The predicted octanol–water partition coefficient (Wildman–Crippen LogP) is 4.65. The molecule has 1 saturated carbocycles. The SMILES string of the molecule is O=C(NCC1(c2c(F)cccc2F)CCCC1)C(c1ccccc1)N1CCCCC1=O. The number of nitrogens with one attached hydrogen (secondary N) is 1. The maximum atomic E-state index is 14.6. The number of benzene rings is 2. The van der Waals surface area contributed by atoms with E-state index in [0.29, 0.717) is 25.8 Å². The van der Waals surface area contributed by atoms with E-state index in [2.05, 4.69) is 5.32 Å². The van der Waals surface area contributed by atoms with Crippen LogP contribution in [0.1, 0.15) is 62.1 Å². The molecule has 1 saturated heterocycles. The maximum absolute atomic E-state index is 14.6. The Morgan fingerprint density at radius 3 is 2.29 bits per heavy atom. The molecule has 2 fully saturated rings. The lowest BCUT2D eigenvalue weighted by Crippen LogP contribution is -2.48. The highest BCUT2D eigenvalue weighted by atomic mass is 19.1. The molecule has 1 atom stereocenters. The summed E-state index contributed by atoms with van der Waals surface area (Å²) in [4.78, 5) is 27.6. The second-order valence-electron chi connectivity index (χ2n) is 8.66.